The van der Waals surface area contributed by atoms with Crippen LogP contribution in [0.2, 0.25) is 0 Å². The van der Waals surface area contributed by atoms with E-state index in [1.54, 1.807) is 19.2 Å². The highest BCUT2D eigenvalue weighted by molar-refractivity contribution is 5.85. The first-order valence-electron chi connectivity index (χ1n) is 10.3. The van der Waals surface area contributed by atoms with Gasteiger partial charge in [-0.05, 0) is 42.0 Å². The van der Waals surface area contributed by atoms with Crippen LogP contribution in [0.1, 0.15) is 11.7 Å². The molecule has 4 rings (SSSR count). The Morgan fingerprint density at radius 2 is 1.48 bits per heavy atom. The normalized spacial score (nSPS) is 15.1. The quantitative estimate of drug-likeness (QED) is 0.502. The maximum absolute atomic E-state index is 13.3. The Balaban J connectivity index is 0.00000272. The van der Waals surface area contributed by atoms with E-state index in [0.29, 0.717) is 5.75 Å². The molecule has 3 aromatic carbocycles. The summed E-state index contributed by atoms with van der Waals surface area (Å²) >= 11 is 0. The molecule has 1 aliphatic heterocycles. The molecule has 4 nitrogen and oxygen atoms in total. The molecule has 0 spiro atoms. The molecule has 0 amide bonds. The second kappa shape index (κ2) is 11.0. The number of nitrogens with zero attached hydrogens (tertiary/aromatic N) is 2. The molecule has 1 fully saturated rings. The van der Waals surface area contributed by atoms with Crippen LogP contribution in [0.5, 0.6) is 11.5 Å². The first-order chi connectivity index (χ1) is 14.7. The van der Waals surface area contributed by atoms with Crippen LogP contribution >= 0.6 is 12.4 Å². The Hall–Kier alpha value is -2.76. The van der Waals surface area contributed by atoms with Gasteiger partial charge in [0.05, 0.1) is 12.8 Å². The van der Waals surface area contributed by atoms with Crippen LogP contribution in [0.4, 0.5) is 10.1 Å². The zero-order valence-corrected chi connectivity index (χ0v) is 18.4. The van der Waals surface area contributed by atoms with Gasteiger partial charge in [-0.1, -0.05) is 42.5 Å². The van der Waals surface area contributed by atoms with Gasteiger partial charge in [0.15, 0.2) is 0 Å². The van der Waals surface area contributed by atoms with Crippen molar-refractivity contribution < 1.29 is 13.9 Å². The van der Waals surface area contributed by atoms with Crippen molar-refractivity contribution in [1.82, 2.24) is 4.90 Å². The number of hydrogen-bond acceptors (Lipinski definition) is 4. The van der Waals surface area contributed by atoms with Gasteiger partial charge >= 0.3 is 0 Å². The van der Waals surface area contributed by atoms with E-state index in [1.807, 2.05) is 36.4 Å². The average Bonchev–Trinajstić information content (AvgIpc) is 2.81. The molecule has 0 radical (unpaired) electrons. The largest absolute Gasteiger partial charge is 0.495 e. The van der Waals surface area contributed by atoms with Crippen molar-refractivity contribution in [3.05, 3.63) is 90.2 Å². The van der Waals surface area contributed by atoms with Gasteiger partial charge in [-0.2, -0.15) is 0 Å². The second-order valence-electron chi connectivity index (χ2n) is 7.43. The summed E-state index contributed by atoms with van der Waals surface area (Å²) in [5, 5.41) is 0. The smallest absolute Gasteiger partial charge is 0.142 e. The Bertz CT molecular complexity index is 932. The molecule has 1 atom stereocenters. The van der Waals surface area contributed by atoms with Crippen LogP contribution in [0.3, 0.4) is 0 Å². The minimum absolute atomic E-state index is 0. The fourth-order valence-corrected chi connectivity index (χ4v) is 3.85. The third-order valence-electron chi connectivity index (χ3n) is 5.49. The monoisotopic (exact) mass is 442 g/mol. The predicted octanol–water partition coefficient (Wildman–Crippen LogP) is 5.20. The number of ether oxygens (including phenoxy) is 2. The molecule has 1 unspecified atom stereocenters. The van der Waals surface area contributed by atoms with Gasteiger partial charge in [0.1, 0.15) is 23.4 Å². The third kappa shape index (κ3) is 5.90. The molecule has 3 aromatic rings. The Morgan fingerprint density at radius 3 is 2.16 bits per heavy atom. The van der Waals surface area contributed by atoms with Crippen molar-refractivity contribution >= 4 is 18.1 Å². The van der Waals surface area contributed by atoms with Gasteiger partial charge in [-0.25, -0.2) is 4.39 Å². The Labute approximate surface area is 189 Å². The molecule has 1 saturated heterocycles. The Kier molecular flexibility index (Phi) is 8.15. The van der Waals surface area contributed by atoms with E-state index in [-0.39, 0.29) is 24.3 Å². The zero-order valence-electron chi connectivity index (χ0n) is 17.6. The molecule has 0 aromatic heterocycles. The topological polar surface area (TPSA) is 24.9 Å². The van der Waals surface area contributed by atoms with E-state index in [4.69, 9.17) is 9.47 Å². The zero-order chi connectivity index (χ0) is 20.8. The number of para-hydroxylation sites is 2. The highest BCUT2D eigenvalue weighted by atomic mass is 35.5. The molecular formula is C25H28ClFN2O2. The summed E-state index contributed by atoms with van der Waals surface area (Å²) in [6, 6.07) is 24.6. The summed E-state index contributed by atoms with van der Waals surface area (Å²) < 4.78 is 25.1. The summed E-state index contributed by atoms with van der Waals surface area (Å²) in [4.78, 5) is 4.79. The lowest BCUT2D eigenvalue weighted by molar-refractivity contribution is 0.128. The lowest BCUT2D eigenvalue weighted by atomic mass is 10.1. The maximum Gasteiger partial charge on any atom is 0.142 e. The van der Waals surface area contributed by atoms with Gasteiger partial charge in [0.25, 0.3) is 0 Å². The Morgan fingerprint density at radius 1 is 0.839 bits per heavy atom. The van der Waals surface area contributed by atoms with Crippen molar-refractivity contribution in [2.45, 2.75) is 6.10 Å². The molecule has 1 heterocycles. The van der Waals surface area contributed by atoms with E-state index in [9.17, 15) is 4.39 Å². The summed E-state index contributed by atoms with van der Waals surface area (Å²) in [7, 11) is 1.71. The first-order valence-corrected chi connectivity index (χ1v) is 10.3. The minimum Gasteiger partial charge on any atom is -0.495 e. The molecule has 0 N–H and O–H groups in total. The van der Waals surface area contributed by atoms with E-state index in [2.05, 4.69) is 28.0 Å². The number of piperazine rings is 1. The lowest BCUT2D eigenvalue weighted by Crippen LogP contribution is -2.48. The molecular weight excluding hydrogens is 415 g/mol. The number of benzene rings is 3. The van der Waals surface area contributed by atoms with Crippen LogP contribution in [-0.2, 0) is 0 Å². The van der Waals surface area contributed by atoms with Crippen molar-refractivity contribution in [3.63, 3.8) is 0 Å². The summed E-state index contributed by atoms with van der Waals surface area (Å²) in [5.74, 6) is 1.33. The lowest BCUT2D eigenvalue weighted by Gasteiger charge is -2.38. The van der Waals surface area contributed by atoms with Gasteiger partial charge in [0.2, 0.25) is 0 Å². The summed E-state index contributed by atoms with van der Waals surface area (Å²) in [5.41, 5.74) is 2.26. The van der Waals surface area contributed by atoms with Gasteiger partial charge in [-0.15, -0.1) is 12.4 Å². The fourth-order valence-electron chi connectivity index (χ4n) is 3.85. The predicted molar refractivity (Wildman–Crippen MR) is 125 cm³/mol. The van der Waals surface area contributed by atoms with Crippen LogP contribution in [0.25, 0.3) is 0 Å². The number of anilines is 1. The average molecular weight is 443 g/mol. The maximum atomic E-state index is 13.3. The molecule has 1 aliphatic rings. The van der Waals surface area contributed by atoms with Crippen molar-refractivity contribution in [1.29, 1.82) is 0 Å². The highest BCUT2D eigenvalue weighted by Crippen LogP contribution is 2.29. The number of halogens is 2. The molecule has 0 bridgehead atoms. The minimum atomic E-state index is -0.258. The molecule has 6 heteroatoms. The third-order valence-corrected chi connectivity index (χ3v) is 5.49. The number of hydrogen-bond donors (Lipinski definition) is 0. The van der Waals surface area contributed by atoms with E-state index in [1.165, 1.54) is 12.1 Å². The second-order valence-corrected chi connectivity index (χ2v) is 7.43. The van der Waals surface area contributed by atoms with E-state index in [0.717, 1.165) is 49.7 Å². The molecule has 0 aliphatic carbocycles. The van der Waals surface area contributed by atoms with Crippen molar-refractivity contribution in [2.24, 2.45) is 0 Å². The standard InChI is InChI=1S/C25H27FN2O2.ClH/c1-29-24-10-6-5-9-23(24)28-17-15-27(16-18-28)19-25(20-7-3-2-4-8-20)30-22-13-11-21(26)12-14-22;/h2-14,25H,15-19H2,1H3;1H. The van der Waals surface area contributed by atoms with Gasteiger partial charge in [-0.3, -0.25) is 4.90 Å². The SMILES string of the molecule is COc1ccccc1N1CCN(CC(Oc2ccc(F)cc2)c2ccccc2)CC1.Cl. The van der Waals surface area contributed by atoms with E-state index >= 15 is 0 Å². The fraction of sp³-hybridized carbons (Fsp3) is 0.280. The number of methoxy groups -OCH3 is 1. The van der Waals surface area contributed by atoms with Gasteiger partial charge < -0.3 is 14.4 Å². The van der Waals surface area contributed by atoms with Gasteiger partial charge in [0, 0.05) is 32.7 Å². The van der Waals surface area contributed by atoms with Crippen LogP contribution in [-0.4, -0.2) is 44.7 Å². The summed E-state index contributed by atoms with van der Waals surface area (Å²) in [6.07, 6.45) is -0.116. The highest BCUT2D eigenvalue weighted by Gasteiger charge is 2.23. The summed E-state index contributed by atoms with van der Waals surface area (Å²) in [6.45, 7) is 4.51. The first kappa shape index (κ1) is 22.9. The van der Waals surface area contributed by atoms with Crippen molar-refractivity contribution in [2.75, 3.05) is 44.7 Å². The number of rotatable bonds is 7. The van der Waals surface area contributed by atoms with E-state index < -0.39 is 0 Å². The molecule has 164 valence electrons. The van der Waals surface area contributed by atoms with Crippen LogP contribution < -0.4 is 14.4 Å². The van der Waals surface area contributed by atoms with Crippen molar-refractivity contribution in [3.8, 4) is 11.5 Å². The molecule has 0 saturated carbocycles. The van der Waals surface area contributed by atoms with Crippen LogP contribution in [0, 0.1) is 5.82 Å². The molecule has 31 heavy (non-hydrogen) atoms. The van der Waals surface area contributed by atoms with Crippen LogP contribution in [0.15, 0.2) is 78.9 Å².